The molecule has 0 aromatic heterocycles. The lowest BCUT2D eigenvalue weighted by molar-refractivity contribution is 0.0730. The third-order valence-corrected chi connectivity index (χ3v) is 7.27. The first-order valence-corrected chi connectivity index (χ1v) is 11.1. The van der Waals surface area contributed by atoms with Gasteiger partial charge in [0.1, 0.15) is 11.5 Å². The molecule has 1 N–H and O–H groups in total. The van der Waals surface area contributed by atoms with Gasteiger partial charge in [0.05, 0.1) is 16.1 Å². The number of hydrogen-bond acceptors (Lipinski definition) is 3. The summed E-state index contributed by atoms with van der Waals surface area (Å²) in [5.41, 5.74) is 2.41. The van der Waals surface area contributed by atoms with E-state index < -0.39 is 0 Å². The molecule has 5 rings (SSSR count). The Morgan fingerprint density at radius 3 is 2.45 bits per heavy atom. The number of rotatable bonds is 3. The van der Waals surface area contributed by atoms with Crippen LogP contribution in [0.4, 0.5) is 5.69 Å². The molecule has 29 heavy (non-hydrogen) atoms. The van der Waals surface area contributed by atoms with Crippen LogP contribution in [0.5, 0.6) is 11.5 Å². The molecule has 1 saturated carbocycles. The Balaban J connectivity index is 0.00000205. The monoisotopic (exact) mass is 453 g/mol. The molecule has 3 atom stereocenters. The van der Waals surface area contributed by atoms with Gasteiger partial charge in [0.15, 0.2) is 0 Å². The molecule has 2 aliphatic heterocycles. The van der Waals surface area contributed by atoms with E-state index in [1.54, 1.807) is 12.1 Å². The molecule has 6 heteroatoms. The Morgan fingerprint density at radius 1 is 0.897 bits per heavy atom. The van der Waals surface area contributed by atoms with Gasteiger partial charge < -0.3 is 14.8 Å². The Kier molecular flexibility index (Phi) is 6.50. The standard InChI is InChI=1S/C23H25Cl2NO2.ClH/c24-19-8-6-16(13-20(19)25)28-15-7-9-21-18(12-15)23-17(10-11-27-23)22(26-21)14-4-2-1-3-5-14;/h6-9,12-14,17,22-23,26H,1-5,10-11H2;1H/t17-,22+,23-;/m0./s1. The summed E-state index contributed by atoms with van der Waals surface area (Å²) < 4.78 is 12.3. The highest BCUT2D eigenvalue weighted by atomic mass is 35.5. The minimum Gasteiger partial charge on any atom is -0.457 e. The van der Waals surface area contributed by atoms with E-state index in [9.17, 15) is 0 Å². The van der Waals surface area contributed by atoms with Crippen molar-refractivity contribution in [1.82, 2.24) is 0 Å². The zero-order chi connectivity index (χ0) is 19.1. The van der Waals surface area contributed by atoms with Gasteiger partial charge in [-0.05, 0) is 55.5 Å². The van der Waals surface area contributed by atoms with Crippen molar-refractivity contribution >= 4 is 41.3 Å². The second-order valence-electron chi connectivity index (χ2n) is 8.24. The maximum absolute atomic E-state index is 6.21. The molecule has 1 saturated heterocycles. The molecular weight excluding hydrogens is 429 g/mol. The van der Waals surface area contributed by atoms with Crippen LogP contribution in [0.25, 0.3) is 0 Å². The van der Waals surface area contributed by atoms with Crippen molar-refractivity contribution in [1.29, 1.82) is 0 Å². The number of halogens is 3. The van der Waals surface area contributed by atoms with E-state index in [1.807, 2.05) is 12.1 Å². The van der Waals surface area contributed by atoms with E-state index in [-0.39, 0.29) is 18.5 Å². The second kappa shape index (κ2) is 8.93. The van der Waals surface area contributed by atoms with Crippen LogP contribution in [0.2, 0.25) is 10.0 Å². The van der Waals surface area contributed by atoms with Crippen molar-refractivity contribution in [3.63, 3.8) is 0 Å². The fourth-order valence-corrected chi connectivity index (χ4v) is 5.48. The first-order chi connectivity index (χ1) is 13.7. The van der Waals surface area contributed by atoms with Crippen molar-refractivity contribution in [3.8, 4) is 11.5 Å². The summed E-state index contributed by atoms with van der Waals surface area (Å²) in [5.74, 6) is 2.80. The second-order valence-corrected chi connectivity index (χ2v) is 9.05. The number of hydrogen-bond donors (Lipinski definition) is 1. The van der Waals surface area contributed by atoms with E-state index in [2.05, 4.69) is 17.4 Å². The summed E-state index contributed by atoms with van der Waals surface area (Å²) >= 11 is 12.1. The van der Waals surface area contributed by atoms with E-state index in [1.165, 1.54) is 43.4 Å². The Morgan fingerprint density at radius 2 is 1.66 bits per heavy atom. The molecule has 2 aromatic carbocycles. The minimum atomic E-state index is 0. The highest BCUT2D eigenvalue weighted by Crippen LogP contribution is 2.49. The summed E-state index contributed by atoms with van der Waals surface area (Å²) in [5, 5.41) is 4.89. The van der Waals surface area contributed by atoms with Crippen LogP contribution in [0.1, 0.15) is 50.2 Å². The zero-order valence-corrected chi connectivity index (χ0v) is 18.5. The lowest BCUT2D eigenvalue weighted by Crippen LogP contribution is -2.42. The van der Waals surface area contributed by atoms with Gasteiger partial charge in [-0.3, -0.25) is 0 Å². The topological polar surface area (TPSA) is 30.5 Å². The lowest BCUT2D eigenvalue weighted by Gasteiger charge is -2.42. The highest BCUT2D eigenvalue weighted by molar-refractivity contribution is 6.42. The summed E-state index contributed by atoms with van der Waals surface area (Å²) in [6.45, 7) is 0.845. The minimum absolute atomic E-state index is 0. The van der Waals surface area contributed by atoms with Crippen LogP contribution in [0.3, 0.4) is 0 Å². The number of ether oxygens (including phenoxy) is 2. The largest absolute Gasteiger partial charge is 0.457 e. The Bertz CT molecular complexity index is 869. The SMILES string of the molecule is Cl.Clc1ccc(Oc2ccc3c(c2)[C@H]2OCC[C@H]2[C@@H](C2CCCCC2)N3)cc1Cl. The van der Waals surface area contributed by atoms with Crippen molar-refractivity contribution in [2.24, 2.45) is 11.8 Å². The number of anilines is 1. The summed E-state index contributed by atoms with van der Waals surface area (Å²) in [4.78, 5) is 0. The van der Waals surface area contributed by atoms with E-state index in [0.717, 1.165) is 24.7 Å². The molecular formula is C23H26Cl3NO2. The molecule has 0 bridgehead atoms. The van der Waals surface area contributed by atoms with Gasteiger partial charge in [0.2, 0.25) is 0 Å². The predicted octanol–water partition coefficient (Wildman–Crippen LogP) is 7.66. The van der Waals surface area contributed by atoms with Crippen molar-refractivity contribution in [2.75, 3.05) is 11.9 Å². The average Bonchev–Trinajstić information content (AvgIpc) is 3.21. The van der Waals surface area contributed by atoms with Crippen LogP contribution >= 0.6 is 35.6 Å². The van der Waals surface area contributed by atoms with Crippen LogP contribution in [0.15, 0.2) is 36.4 Å². The van der Waals surface area contributed by atoms with Gasteiger partial charge in [-0.25, -0.2) is 0 Å². The fraction of sp³-hybridized carbons (Fsp3) is 0.478. The quantitative estimate of drug-likeness (QED) is 0.516. The molecule has 0 unspecified atom stereocenters. The average molecular weight is 455 g/mol. The molecule has 0 amide bonds. The van der Waals surface area contributed by atoms with Gasteiger partial charge in [-0.2, -0.15) is 0 Å². The number of nitrogens with one attached hydrogen (secondary N) is 1. The molecule has 3 aliphatic rings. The third kappa shape index (κ3) is 4.20. The van der Waals surface area contributed by atoms with Crippen molar-refractivity contribution in [2.45, 2.75) is 50.7 Å². The van der Waals surface area contributed by atoms with Gasteiger partial charge >= 0.3 is 0 Å². The van der Waals surface area contributed by atoms with Crippen molar-refractivity contribution in [3.05, 3.63) is 52.0 Å². The molecule has 2 aromatic rings. The smallest absolute Gasteiger partial charge is 0.129 e. The summed E-state index contributed by atoms with van der Waals surface area (Å²) in [7, 11) is 0. The Labute approximate surface area is 188 Å². The van der Waals surface area contributed by atoms with Crippen molar-refractivity contribution < 1.29 is 9.47 Å². The zero-order valence-electron chi connectivity index (χ0n) is 16.2. The molecule has 2 heterocycles. The summed E-state index contributed by atoms with van der Waals surface area (Å²) in [6, 6.07) is 12.1. The van der Waals surface area contributed by atoms with Gasteiger partial charge in [0.25, 0.3) is 0 Å². The van der Waals surface area contributed by atoms with Crippen LogP contribution in [-0.2, 0) is 4.74 Å². The normalized spacial score (nSPS) is 26.1. The maximum atomic E-state index is 6.21. The van der Waals surface area contributed by atoms with E-state index in [4.69, 9.17) is 32.7 Å². The van der Waals surface area contributed by atoms with Crippen LogP contribution in [0, 0.1) is 11.8 Å². The molecule has 156 valence electrons. The molecule has 0 radical (unpaired) electrons. The van der Waals surface area contributed by atoms with Crippen LogP contribution < -0.4 is 10.1 Å². The number of fused-ring (bicyclic) bond motifs is 3. The van der Waals surface area contributed by atoms with Crippen LogP contribution in [-0.4, -0.2) is 12.6 Å². The van der Waals surface area contributed by atoms with E-state index in [0.29, 0.717) is 27.8 Å². The molecule has 2 fully saturated rings. The maximum Gasteiger partial charge on any atom is 0.129 e. The number of benzene rings is 2. The van der Waals surface area contributed by atoms with Gasteiger partial charge in [-0.1, -0.05) is 42.5 Å². The van der Waals surface area contributed by atoms with E-state index >= 15 is 0 Å². The molecule has 0 spiro atoms. The summed E-state index contributed by atoms with van der Waals surface area (Å²) in [6.07, 6.45) is 8.11. The lowest BCUT2D eigenvalue weighted by atomic mass is 9.73. The Hall–Kier alpha value is -1.13. The fourth-order valence-electron chi connectivity index (χ4n) is 5.19. The first kappa shape index (κ1) is 21.1. The van der Waals surface area contributed by atoms with Gasteiger partial charge in [0, 0.05) is 35.9 Å². The van der Waals surface area contributed by atoms with Gasteiger partial charge in [-0.15, -0.1) is 12.4 Å². The molecule has 3 nitrogen and oxygen atoms in total. The first-order valence-electron chi connectivity index (χ1n) is 10.3. The predicted molar refractivity (Wildman–Crippen MR) is 121 cm³/mol. The highest BCUT2D eigenvalue weighted by Gasteiger charge is 2.44. The third-order valence-electron chi connectivity index (χ3n) is 6.53. The molecule has 1 aliphatic carbocycles.